The lowest BCUT2D eigenvalue weighted by atomic mass is 9.89. The molecule has 1 aromatic rings. The second-order valence-corrected chi connectivity index (χ2v) is 6.85. The monoisotopic (exact) mass is 380 g/mol. The highest BCUT2D eigenvalue weighted by Gasteiger charge is 2.43. The van der Waals surface area contributed by atoms with Gasteiger partial charge in [0.1, 0.15) is 19.0 Å². The van der Waals surface area contributed by atoms with E-state index in [2.05, 4.69) is 0 Å². The van der Waals surface area contributed by atoms with Crippen LogP contribution in [0.5, 0.6) is 0 Å². The first-order valence-electron chi connectivity index (χ1n) is 9.07. The fourth-order valence-corrected chi connectivity index (χ4v) is 3.43. The van der Waals surface area contributed by atoms with Gasteiger partial charge in [0.2, 0.25) is 5.91 Å². The number of morpholine rings is 1. The minimum absolute atomic E-state index is 0.00848. The lowest BCUT2D eigenvalue weighted by molar-refractivity contribution is -0.152. The van der Waals surface area contributed by atoms with Crippen molar-refractivity contribution in [1.82, 2.24) is 4.90 Å². The smallest absolute Gasteiger partial charge is 0.253 e. The Balaban J connectivity index is 1.56. The number of likely N-dealkylation sites (tertiary alicyclic amines) is 1. The van der Waals surface area contributed by atoms with Gasteiger partial charge in [0.05, 0.1) is 25.4 Å². The summed E-state index contributed by atoms with van der Waals surface area (Å²) in [7, 11) is 1.58. The molecule has 2 saturated heterocycles. The zero-order chi connectivity index (χ0) is 19.3. The zero-order valence-electron chi connectivity index (χ0n) is 15.5. The van der Waals surface area contributed by atoms with E-state index < -0.39 is 5.60 Å². The van der Waals surface area contributed by atoms with Crippen LogP contribution in [0.15, 0.2) is 24.3 Å². The molecule has 0 N–H and O–H groups in total. The van der Waals surface area contributed by atoms with Crippen LogP contribution in [0.1, 0.15) is 12.8 Å². The summed E-state index contributed by atoms with van der Waals surface area (Å²) < 4.78 is 29.2. The van der Waals surface area contributed by atoms with E-state index in [9.17, 15) is 14.0 Å². The molecule has 0 aliphatic carbocycles. The first-order chi connectivity index (χ1) is 13.0. The van der Waals surface area contributed by atoms with Crippen molar-refractivity contribution in [3.63, 3.8) is 0 Å². The van der Waals surface area contributed by atoms with Crippen molar-refractivity contribution >= 4 is 17.5 Å². The van der Waals surface area contributed by atoms with E-state index in [1.165, 1.54) is 12.1 Å². The van der Waals surface area contributed by atoms with E-state index in [1.807, 2.05) is 0 Å². The highest BCUT2D eigenvalue weighted by Crippen LogP contribution is 2.32. The number of halogens is 1. The Kier molecular flexibility index (Phi) is 6.41. The number of piperidine rings is 1. The third-order valence-corrected chi connectivity index (χ3v) is 5.07. The Bertz CT molecular complexity index is 659. The van der Waals surface area contributed by atoms with Crippen molar-refractivity contribution in [2.24, 2.45) is 0 Å². The predicted octanol–water partition coefficient (Wildman–Crippen LogP) is 1.21. The second kappa shape index (κ2) is 8.77. The minimum atomic E-state index is -0.476. The summed E-state index contributed by atoms with van der Waals surface area (Å²) in [6, 6.07) is 5.88. The second-order valence-electron chi connectivity index (χ2n) is 6.85. The Morgan fingerprint density at radius 3 is 2.59 bits per heavy atom. The standard InChI is InChI=1S/C19H25FN2O5/c1-25-10-11-26-12-17(23)21-8-6-19(7-9-21)14-22(18(24)13-27-19)16-4-2-15(20)3-5-16/h2-5H,6-14H2,1H3. The van der Waals surface area contributed by atoms with Crippen LogP contribution >= 0.6 is 0 Å². The number of hydrogen-bond acceptors (Lipinski definition) is 5. The molecule has 148 valence electrons. The van der Waals surface area contributed by atoms with Gasteiger partial charge < -0.3 is 24.0 Å². The van der Waals surface area contributed by atoms with Gasteiger partial charge in [0, 0.05) is 25.9 Å². The van der Waals surface area contributed by atoms with Crippen LogP contribution in [0.4, 0.5) is 10.1 Å². The summed E-state index contributed by atoms with van der Waals surface area (Å²) in [6.07, 6.45) is 1.28. The van der Waals surface area contributed by atoms with Crippen molar-refractivity contribution < 1.29 is 28.2 Å². The summed E-state index contributed by atoms with van der Waals surface area (Å²) in [5.41, 5.74) is 0.185. The van der Waals surface area contributed by atoms with E-state index in [1.54, 1.807) is 29.0 Å². The van der Waals surface area contributed by atoms with E-state index in [4.69, 9.17) is 14.2 Å². The Labute approximate surface area is 158 Å². The molecule has 0 atom stereocenters. The molecule has 0 bridgehead atoms. The molecule has 0 saturated carbocycles. The molecule has 1 spiro atoms. The minimum Gasteiger partial charge on any atom is -0.382 e. The third kappa shape index (κ3) is 4.82. The predicted molar refractivity (Wildman–Crippen MR) is 95.9 cm³/mol. The van der Waals surface area contributed by atoms with Crippen LogP contribution in [-0.2, 0) is 23.8 Å². The van der Waals surface area contributed by atoms with Crippen LogP contribution in [0, 0.1) is 5.82 Å². The lowest BCUT2D eigenvalue weighted by Crippen LogP contribution is -2.59. The quantitative estimate of drug-likeness (QED) is 0.694. The van der Waals surface area contributed by atoms with Crippen LogP contribution in [-0.4, -0.2) is 75.5 Å². The number of benzene rings is 1. The number of carbonyl (C=O) groups is 2. The molecule has 0 radical (unpaired) electrons. The molecule has 2 aliphatic heterocycles. The number of methoxy groups -OCH3 is 1. The molecule has 2 amide bonds. The topological polar surface area (TPSA) is 68.3 Å². The molecule has 3 rings (SSSR count). The maximum absolute atomic E-state index is 13.2. The molecular formula is C19H25FN2O5. The Morgan fingerprint density at radius 2 is 1.93 bits per heavy atom. The fourth-order valence-electron chi connectivity index (χ4n) is 3.43. The normalized spacial score (nSPS) is 19.6. The summed E-state index contributed by atoms with van der Waals surface area (Å²) in [5, 5.41) is 0. The number of hydrogen-bond donors (Lipinski definition) is 0. The molecule has 1 aromatic carbocycles. The van der Waals surface area contributed by atoms with Crippen LogP contribution < -0.4 is 4.90 Å². The van der Waals surface area contributed by atoms with Gasteiger partial charge >= 0.3 is 0 Å². The maximum Gasteiger partial charge on any atom is 0.253 e. The first-order valence-corrected chi connectivity index (χ1v) is 9.07. The summed E-state index contributed by atoms with van der Waals surface area (Å²) in [4.78, 5) is 27.9. The van der Waals surface area contributed by atoms with E-state index in [-0.39, 0.29) is 30.8 Å². The number of ether oxygens (including phenoxy) is 3. The Morgan fingerprint density at radius 1 is 1.22 bits per heavy atom. The first kappa shape index (κ1) is 19.7. The molecule has 2 heterocycles. The van der Waals surface area contributed by atoms with Gasteiger partial charge in [-0.2, -0.15) is 0 Å². The van der Waals surface area contributed by atoms with Gasteiger partial charge in [-0.15, -0.1) is 0 Å². The molecule has 0 unspecified atom stereocenters. The van der Waals surface area contributed by atoms with Gasteiger partial charge in [0.15, 0.2) is 0 Å². The largest absolute Gasteiger partial charge is 0.382 e. The van der Waals surface area contributed by atoms with Crippen molar-refractivity contribution in [3.05, 3.63) is 30.1 Å². The lowest BCUT2D eigenvalue weighted by Gasteiger charge is -2.47. The molecule has 8 heteroatoms. The third-order valence-electron chi connectivity index (χ3n) is 5.07. The van der Waals surface area contributed by atoms with Crippen LogP contribution in [0.25, 0.3) is 0 Å². The van der Waals surface area contributed by atoms with Gasteiger partial charge in [-0.05, 0) is 37.1 Å². The van der Waals surface area contributed by atoms with Crippen molar-refractivity contribution in [2.45, 2.75) is 18.4 Å². The van der Waals surface area contributed by atoms with E-state index in [0.29, 0.717) is 51.4 Å². The average molecular weight is 380 g/mol. The number of carbonyl (C=O) groups excluding carboxylic acids is 2. The highest BCUT2D eigenvalue weighted by molar-refractivity contribution is 5.95. The van der Waals surface area contributed by atoms with Gasteiger partial charge in [-0.1, -0.05) is 0 Å². The number of nitrogens with zero attached hydrogens (tertiary/aromatic N) is 2. The van der Waals surface area contributed by atoms with Crippen LogP contribution in [0.3, 0.4) is 0 Å². The molecule has 2 aliphatic rings. The number of anilines is 1. The van der Waals surface area contributed by atoms with E-state index in [0.717, 1.165) is 0 Å². The highest BCUT2D eigenvalue weighted by atomic mass is 19.1. The summed E-state index contributed by atoms with van der Waals surface area (Å²) >= 11 is 0. The SMILES string of the molecule is COCCOCC(=O)N1CCC2(CC1)CN(c1ccc(F)cc1)C(=O)CO2. The average Bonchev–Trinajstić information content (AvgIpc) is 2.68. The molecule has 2 fully saturated rings. The molecular weight excluding hydrogens is 355 g/mol. The van der Waals surface area contributed by atoms with E-state index >= 15 is 0 Å². The fraction of sp³-hybridized carbons (Fsp3) is 0.579. The summed E-state index contributed by atoms with van der Waals surface area (Å²) in [6.45, 7) is 2.39. The maximum atomic E-state index is 13.2. The van der Waals surface area contributed by atoms with Crippen molar-refractivity contribution in [1.29, 1.82) is 0 Å². The van der Waals surface area contributed by atoms with Crippen molar-refractivity contribution in [3.8, 4) is 0 Å². The Hall–Kier alpha value is -2.03. The number of rotatable bonds is 6. The molecule has 27 heavy (non-hydrogen) atoms. The zero-order valence-corrected chi connectivity index (χ0v) is 15.5. The van der Waals surface area contributed by atoms with Gasteiger partial charge in [-0.25, -0.2) is 4.39 Å². The summed E-state index contributed by atoms with van der Waals surface area (Å²) in [5.74, 6) is -0.533. The van der Waals surface area contributed by atoms with Gasteiger partial charge in [0.25, 0.3) is 5.91 Å². The molecule has 7 nitrogen and oxygen atoms in total. The number of amides is 2. The van der Waals surface area contributed by atoms with Gasteiger partial charge in [-0.3, -0.25) is 9.59 Å². The van der Waals surface area contributed by atoms with Crippen molar-refractivity contribution in [2.75, 3.05) is 58.1 Å². The molecule has 0 aromatic heterocycles. The van der Waals surface area contributed by atoms with Crippen LogP contribution in [0.2, 0.25) is 0 Å².